The van der Waals surface area contributed by atoms with Crippen molar-refractivity contribution in [2.45, 2.75) is 38.0 Å². The summed E-state index contributed by atoms with van der Waals surface area (Å²) in [4.78, 5) is 2.70. The van der Waals surface area contributed by atoms with Crippen LogP contribution >= 0.6 is 0 Å². The topological polar surface area (TPSA) is 58.5 Å². The van der Waals surface area contributed by atoms with Gasteiger partial charge in [-0.3, -0.25) is 0 Å². The molecule has 23 heavy (non-hydrogen) atoms. The third-order valence-corrected chi connectivity index (χ3v) is 5.47. The monoisotopic (exact) mass is 328 g/mol. The normalized spacial score (nSPS) is 16.2. The van der Waals surface area contributed by atoms with Crippen LogP contribution in [-0.2, 0) is 16.4 Å². The van der Waals surface area contributed by atoms with Crippen molar-refractivity contribution in [3.8, 4) is 0 Å². The minimum atomic E-state index is -3.65. The van der Waals surface area contributed by atoms with Crippen LogP contribution in [0, 0.1) is 13.8 Å². The summed E-state index contributed by atoms with van der Waals surface area (Å²) in [6.07, 6.45) is 2.78. The Morgan fingerprint density at radius 2 is 1.83 bits per heavy atom. The number of hydrazone groups is 1. The molecule has 0 saturated heterocycles. The predicted octanol–water partition coefficient (Wildman–Crippen LogP) is 3.32. The molecule has 1 N–H and O–H groups in total. The second kappa shape index (κ2) is 6.16. The fraction of sp³-hybridized carbons (Fsp3) is 0.278. The molecule has 1 aliphatic carbocycles. The van der Waals surface area contributed by atoms with Gasteiger partial charge in [-0.25, -0.2) is 0 Å². The van der Waals surface area contributed by atoms with Crippen molar-refractivity contribution in [3.05, 3.63) is 64.7 Å². The fourth-order valence-corrected chi connectivity index (χ4v) is 4.04. The minimum Gasteiger partial charge on any atom is -0.200 e. The molecule has 3 rings (SSSR count). The summed E-state index contributed by atoms with van der Waals surface area (Å²) in [5, 5.41) is 4.22. The average molecular weight is 328 g/mol. The molecule has 1 aliphatic rings. The molecule has 0 spiro atoms. The lowest BCUT2D eigenvalue weighted by molar-refractivity contribution is 0.583. The van der Waals surface area contributed by atoms with Crippen molar-refractivity contribution in [3.63, 3.8) is 0 Å². The molecule has 0 amide bonds. The van der Waals surface area contributed by atoms with Gasteiger partial charge in [-0.2, -0.15) is 18.4 Å². The first-order chi connectivity index (χ1) is 11.0. The van der Waals surface area contributed by atoms with Gasteiger partial charge in [0.2, 0.25) is 0 Å². The Kier molecular flexibility index (Phi) is 4.22. The molecule has 0 aromatic heterocycles. The van der Waals surface area contributed by atoms with E-state index in [9.17, 15) is 8.42 Å². The lowest BCUT2D eigenvalue weighted by atomic mass is 9.90. The summed E-state index contributed by atoms with van der Waals surface area (Å²) in [5.74, 6) is 0. The van der Waals surface area contributed by atoms with E-state index in [2.05, 4.69) is 16.0 Å². The van der Waals surface area contributed by atoms with E-state index in [4.69, 9.17) is 0 Å². The number of rotatable bonds is 3. The summed E-state index contributed by atoms with van der Waals surface area (Å²) in [6.45, 7) is 3.67. The molecule has 0 heterocycles. The second-order valence-corrected chi connectivity index (χ2v) is 7.56. The zero-order valence-corrected chi connectivity index (χ0v) is 14.2. The molecular weight excluding hydrogens is 308 g/mol. The molecule has 5 heteroatoms. The molecule has 4 nitrogen and oxygen atoms in total. The Morgan fingerprint density at radius 3 is 2.65 bits per heavy atom. The molecule has 0 bridgehead atoms. The van der Waals surface area contributed by atoms with Gasteiger partial charge < -0.3 is 0 Å². The number of hydrogen-bond donors (Lipinski definition) is 1. The predicted molar refractivity (Wildman–Crippen MR) is 92.2 cm³/mol. The maximum atomic E-state index is 12.5. The van der Waals surface area contributed by atoms with E-state index < -0.39 is 10.0 Å². The number of sulfonamides is 1. The van der Waals surface area contributed by atoms with Crippen molar-refractivity contribution in [2.75, 3.05) is 0 Å². The number of nitrogens with one attached hydrogen (secondary N) is 1. The maximum absolute atomic E-state index is 12.5. The first kappa shape index (κ1) is 15.7. The van der Waals surface area contributed by atoms with E-state index >= 15 is 0 Å². The lowest BCUT2D eigenvalue weighted by Crippen LogP contribution is -2.23. The highest BCUT2D eigenvalue weighted by Gasteiger charge is 2.19. The van der Waals surface area contributed by atoms with Gasteiger partial charge in [0.05, 0.1) is 10.6 Å². The Hall–Kier alpha value is -2.14. The van der Waals surface area contributed by atoms with Crippen molar-refractivity contribution in [1.82, 2.24) is 4.83 Å². The highest BCUT2D eigenvalue weighted by Crippen LogP contribution is 2.22. The number of benzene rings is 2. The first-order valence-corrected chi connectivity index (χ1v) is 9.19. The van der Waals surface area contributed by atoms with Crippen molar-refractivity contribution in [1.29, 1.82) is 0 Å². The number of hydrogen-bond acceptors (Lipinski definition) is 3. The third-order valence-electron chi connectivity index (χ3n) is 4.12. The van der Waals surface area contributed by atoms with Crippen molar-refractivity contribution >= 4 is 15.7 Å². The summed E-state index contributed by atoms with van der Waals surface area (Å²) in [5.41, 5.74) is 4.70. The number of fused-ring (bicyclic) bond motifs is 1. The van der Waals surface area contributed by atoms with Crippen LogP contribution in [0.1, 0.15) is 35.1 Å². The first-order valence-electron chi connectivity index (χ1n) is 7.71. The molecular formula is C18H20N2O2S. The van der Waals surface area contributed by atoms with E-state index in [1.807, 2.05) is 37.3 Å². The van der Waals surface area contributed by atoms with E-state index in [1.54, 1.807) is 13.0 Å². The summed E-state index contributed by atoms with van der Waals surface area (Å²) in [6, 6.07) is 13.4. The van der Waals surface area contributed by atoms with Crippen molar-refractivity contribution in [2.24, 2.45) is 5.10 Å². The molecule has 0 saturated carbocycles. The van der Waals surface area contributed by atoms with Gasteiger partial charge in [0.1, 0.15) is 0 Å². The summed E-state index contributed by atoms with van der Waals surface area (Å²) in [7, 11) is -3.65. The van der Waals surface area contributed by atoms with Crippen LogP contribution in [0.15, 0.2) is 52.5 Å². The lowest BCUT2D eigenvalue weighted by Gasteiger charge is -2.17. The van der Waals surface area contributed by atoms with Crippen molar-refractivity contribution < 1.29 is 8.42 Å². The van der Waals surface area contributed by atoms with Crippen LogP contribution in [0.4, 0.5) is 0 Å². The average Bonchev–Trinajstić information content (AvgIpc) is 2.55. The van der Waals surface area contributed by atoms with Gasteiger partial charge in [-0.1, -0.05) is 36.4 Å². The molecule has 0 radical (unpaired) electrons. The highest BCUT2D eigenvalue weighted by molar-refractivity contribution is 7.89. The zero-order valence-electron chi connectivity index (χ0n) is 13.3. The van der Waals surface area contributed by atoms with Crippen LogP contribution < -0.4 is 4.83 Å². The summed E-state index contributed by atoms with van der Waals surface area (Å²) >= 11 is 0. The van der Waals surface area contributed by atoms with Gasteiger partial charge >= 0.3 is 0 Å². The van der Waals surface area contributed by atoms with Gasteiger partial charge in [-0.15, -0.1) is 0 Å². The van der Waals surface area contributed by atoms with Crippen LogP contribution in [0.3, 0.4) is 0 Å². The molecule has 0 fully saturated rings. The largest absolute Gasteiger partial charge is 0.276 e. The van der Waals surface area contributed by atoms with E-state index in [1.165, 1.54) is 5.56 Å². The highest BCUT2D eigenvalue weighted by atomic mass is 32.2. The molecule has 120 valence electrons. The fourth-order valence-electron chi connectivity index (χ4n) is 2.88. The molecule has 0 atom stereocenters. The number of nitrogens with zero attached hydrogens (tertiary/aromatic N) is 1. The van der Waals surface area contributed by atoms with Crippen LogP contribution in [-0.4, -0.2) is 14.1 Å². The van der Waals surface area contributed by atoms with Gasteiger partial charge in [0, 0.05) is 5.56 Å². The van der Waals surface area contributed by atoms with Crippen LogP contribution in [0.2, 0.25) is 0 Å². The van der Waals surface area contributed by atoms with E-state index in [0.717, 1.165) is 36.1 Å². The van der Waals surface area contributed by atoms with Gasteiger partial charge in [-0.05, 0) is 55.9 Å². The van der Waals surface area contributed by atoms with Gasteiger partial charge in [0.25, 0.3) is 10.0 Å². The van der Waals surface area contributed by atoms with Crippen LogP contribution in [0.25, 0.3) is 0 Å². The second-order valence-electron chi connectivity index (χ2n) is 5.93. The Labute approximate surface area is 137 Å². The summed E-state index contributed by atoms with van der Waals surface area (Å²) < 4.78 is 25.1. The standard InChI is InChI=1S/C18H20N2O2S/c1-13-10-11-14(2)18(12-13)23(21,22)20-19-17-9-5-7-15-6-3-4-8-16(15)17/h3-4,6,8,10-12,20H,5,7,9H2,1-2H3. The zero-order chi connectivity index (χ0) is 16.4. The SMILES string of the molecule is Cc1ccc(C)c(S(=O)(=O)NN=C2CCCc3ccccc32)c1. The Morgan fingerprint density at radius 1 is 1.04 bits per heavy atom. The maximum Gasteiger partial charge on any atom is 0.276 e. The molecule has 2 aromatic carbocycles. The minimum absolute atomic E-state index is 0.283. The van der Waals surface area contributed by atoms with E-state index in [-0.39, 0.29) is 4.90 Å². The smallest absolute Gasteiger partial charge is 0.200 e. The van der Waals surface area contributed by atoms with E-state index in [0.29, 0.717) is 5.56 Å². The quantitative estimate of drug-likeness (QED) is 0.879. The molecule has 0 aliphatic heterocycles. The Bertz CT molecular complexity index is 870. The van der Waals surface area contributed by atoms with Gasteiger partial charge in [0.15, 0.2) is 0 Å². The molecule has 2 aromatic rings. The Balaban J connectivity index is 1.92. The molecule has 0 unspecified atom stereocenters. The van der Waals surface area contributed by atoms with Crippen LogP contribution in [0.5, 0.6) is 0 Å². The number of aryl methyl sites for hydroxylation is 3. The third kappa shape index (κ3) is 3.29.